The molecule has 0 saturated carbocycles. The molecule has 6 heteroatoms. The maximum atomic E-state index is 13.1. The molecular weight excluding hydrogens is 400 g/mol. The van der Waals surface area contributed by atoms with Crippen molar-refractivity contribution in [1.29, 1.82) is 0 Å². The zero-order chi connectivity index (χ0) is 20.9. The highest BCUT2D eigenvalue weighted by Gasteiger charge is 2.23. The number of hydrogen-bond donors (Lipinski definition) is 1. The molecule has 0 spiro atoms. The Morgan fingerprint density at radius 1 is 0.967 bits per heavy atom. The summed E-state index contributed by atoms with van der Waals surface area (Å²) < 4.78 is 5.43. The van der Waals surface area contributed by atoms with E-state index in [0.29, 0.717) is 16.3 Å². The van der Waals surface area contributed by atoms with Gasteiger partial charge in [-0.25, -0.2) is 4.79 Å². The van der Waals surface area contributed by atoms with E-state index in [0.717, 1.165) is 54.3 Å². The SMILES string of the molecule is O=C(COC(=O)c1c2c(nc3ccccc13)CCCCCC2)Nc1ccc(Cl)cc1. The van der Waals surface area contributed by atoms with Crippen molar-refractivity contribution in [3.8, 4) is 0 Å². The molecular formula is C24H23ClN2O3. The van der Waals surface area contributed by atoms with Crippen LogP contribution in [0.2, 0.25) is 5.02 Å². The summed E-state index contributed by atoms with van der Waals surface area (Å²) in [4.78, 5) is 30.2. The number of carbonyl (C=O) groups excluding carboxylic acids is 2. The van der Waals surface area contributed by atoms with Gasteiger partial charge in [0.25, 0.3) is 5.91 Å². The smallest absolute Gasteiger partial charge is 0.339 e. The van der Waals surface area contributed by atoms with Gasteiger partial charge in [0.1, 0.15) is 0 Å². The minimum atomic E-state index is -0.475. The third-order valence-electron chi connectivity index (χ3n) is 5.34. The number of halogens is 1. The zero-order valence-corrected chi connectivity index (χ0v) is 17.4. The number of benzene rings is 2. The maximum absolute atomic E-state index is 13.1. The summed E-state index contributed by atoms with van der Waals surface area (Å²) in [6, 6.07) is 14.4. The van der Waals surface area contributed by atoms with E-state index in [9.17, 15) is 9.59 Å². The van der Waals surface area contributed by atoms with Crippen molar-refractivity contribution in [2.45, 2.75) is 38.5 Å². The number of pyridine rings is 1. The van der Waals surface area contributed by atoms with Crippen LogP contribution in [-0.4, -0.2) is 23.5 Å². The number of fused-ring (bicyclic) bond motifs is 2. The van der Waals surface area contributed by atoms with E-state index in [4.69, 9.17) is 21.3 Å². The number of hydrogen-bond acceptors (Lipinski definition) is 4. The first-order valence-corrected chi connectivity index (χ1v) is 10.6. The molecule has 1 amide bonds. The summed E-state index contributed by atoms with van der Waals surface area (Å²) in [5.74, 6) is -0.872. The normalized spacial score (nSPS) is 13.8. The average Bonchev–Trinajstić information content (AvgIpc) is 2.73. The lowest BCUT2D eigenvalue weighted by Gasteiger charge is -2.18. The molecule has 1 heterocycles. The van der Waals surface area contributed by atoms with Gasteiger partial charge in [-0.05, 0) is 61.6 Å². The second-order valence-electron chi connectivity index (χ2n) is 7.47. The molecule has 4 rings (SSSR count). The molecule has 1 aromatic heterocycles. The van der Waals surface area contributed by atoms with E-state index >= 15 is 0 Å². The van der Waals surface area contributed by atoms with Crippen molar-refractivity contribution in [3.05, 3.63) is 70.4 Å². The Hall–Kier alpha value is -2.92. The Bertz CT molecular complexity index is 1080. The number of aromatic nitrogens is 1. The number of aryl methyl sites for hydroxylation is 1. The number of ether oxygens (including phenoxy) is 1. The third kappa shape index (κ3) is 4.62. The van der Waals surface area contributed by atoms with Crippen molar-refractivity contribution < 1.29 is 14.3 Å². The van der Waals surface area contributed by atoms with Gasteiger partial charge in [0, 0.05) is 21.8 Å². The van der Waals surface area contributed by atoms with E-state index < -0.39 is 11.9 Å². The Morgan fingerprint density at radius 3 is 2.50 bits per heavy atom. The molecule has 5 nitrogen and oxygen atoms in total. The Kier molecular flexibility index (Phi) is 6.29. The number of nitrogens with zero attached hydrogens (tertiary/aromatic N) is 1. The van der Waals surface area contributed by atoms with E-state index in [-0.39, 0.29) is 6.61 Å². The van der Waals surface area contributed by atoms with Gasteiger partial charge in [0.05, 0.1) is 11.1 Å². The van der Waals surface area contributed by atoms with Crippen LogP contribution in [0.4, 0.5) is 5.69 Å². The molecule has 1 aliphatic carbocycles. The molecule has 3 aromatic rings. The molecule has 154 valence electrons. The van der Waals surface area contributed by atoms with Crippen molar-refractivity contribution >= 4 is 40.1 Å². The number of para-hydroxylation sites is 1. The first-order chi connectivity index (χ1) is 14.6. The molecule has 0 saturated heterocycles. The van der Waals surface area contributed by atoms with Crippen LogP contribution in [0.1, 0.15) is 47.3 Å². The van der Waals surface area contributed by atoms with Crippen LogP contribution in [0.3, 0.4) is 0 Å². The average molecular weight is 423 g/mol. The first-order valence-electron chi connectivity index (χ1n) is 10.2. The van der Waals surface area contributed by atoms with Gasteiger partial charge in [-0.15, -0.1) is 0 Å². The minimum absolute atomic E-state index is 0.354. The summed E-state index contributed by atoms with van der Waals surface area (Å²) in [7, 11) is 0. The maximum Gasteiger partial charge on any atom is 0.339 e. The summed E-state index contributed by atoms with van der Waals surface area (Å²) in [5, 5.41) is 4.07. The van der Waals surface area contributed by atoms with Crippen molar-refractivity contribution in [2.24, 2.45) is 0 Å². The molecule has 30 heavy (non-hydrogen) atoms. The second kappa shape index (κ2) is 9.26. The van der Waals surface area contributed by atoms with Crippen molar-refractivity contribution in [3.63, 3.8) is 0 Å². The molecule has 0 fully saturated rings. The van der Waals surface area contributed by atoms with Crippen molar-refractivity contribution in [2.75, 3.05) is 11.9 Å². The quantitative estimate of drug-likeness (QED) is 0.576. The van der Waals surface area contributed by atoms with E-state index in [1.54, 1.807) is 24.3 Å². The molecule has 0 unspecified atom stereocenters. The lowest BCUT2D eigenvalue weighted by Crippen LogP contribution is -2.22. The molecule has 1 N–H and O–H groups in total. The fraction of sp³-hybridized carbons (Fsp3) is 0.292. The van der Waals surface area contributed by atoms with E-state index in [1.807, 2.05) is 24.3 Å². The standard InChI is InChI=1S/C24H23ClN2O3/c25-16-11-13-17(14-12-16)26-22(28)15-30-24(29)23-18-7-3-1-2-4-9-20(18)27-21-10-6-5-8-19(21)23/h5-6,8,10-14H,1-4,7,9,15H2,(H,26,28). The van der Waals surface area contributed by atoms with Gasteiger partial charge in [0.15, 0.2) is 6.61 Å². The summed E-state index contributed by atoms with van der Waals surface area (Å²) in [6.07, 6.45) is 6.07. The highest BCUT2D eigenvalue weighted by Crippen LogP contribution is 2.29. The molecule has 2 aromatic carbocycles. The van der Waals surface area contributed by atoms with Gasteiger partial charge in [-0.1, -0.05) is 42.6 Å². The van der Waals surface area contributed by atoms with Gasteiger partial charge in [0.2, 0.25) is 0 Å². The highest BCUT2D eigenvalue weighted by atomic mass is 35.5. The number of nitrogens with one attached hydrogen (secondary N) is 1. The van der Waals surface area contributed by atoms with Crippen molar-refractivity contribution in [1.82, 2.24) is 4.98 Å². The number of amides is 1. The lowest BCUT2D eigenvalue weighted by atomic mass is 9.91. The Labute approximate surface area is 180 Å². The predicted molar refractivity (Wildman–Crippen MR) is 118 cm³/mol. The second-order valence-corrected chi connectivity index (χ2v) is 7.91. The van der Waals surface area contributed by atoms with E-state index in [1.165, 1.54) is 6.42 Å². The fourth-order valence-electron chi connectivity index (χ4n) is 3.89. The van der Waals surface area contributed by atoms with Crippen LogP contribution >= 0.6 is 11.6 Å². The highest BCUT2D eigenvalue weighted by molar-refractivity contribution is 6.30. The lowest BCUT2D eigenvalue weighted by molar-refractivity contribution is -0.119. The number of rotatable bonds is 4. The Balaban J connectivity index is 1.56. The van der Waals surface area contributed by atoms with Crippen LogP contribution in [0.5, 0.6) is 0 Å². The molecule has 0 radical (unpaired) electrons. The van der Waals surface area contributed by atoms with Gasteiger partial charge >= 0.3 is 5.97 Å². The van der Waals surface area contributed by atoms with Gasteiger partial charge < -0.3 is 10.1 Å². The van der Waals surface area contributed by atoms with Crippen LogP contribution in [-0.2, 0) is 22.4 Å². The summed E-state index contributed by atoms with van der Waals surface area (Å²) in [5.41, 5.74) is 3.88. The van der Waals surface area contributed by atoms with Crippen LogP contribution in [0, 0.1) is 0 Å². The van der Waals surface area contributed by atoms with E-state index in [2.05, 4.69) is 5.32 Å². The predicted octanol–water partition coefficient (Wildman–Crippen LogP) is 5.34. The minimum Gasteiger partial charge on any atom is -0.452 e. The summed E-state index contributed by atoms with van der Waals surface area (Å²) >= 11 is 5.86. The third-order valence-corrected chi connectivity index (χ3v) is 5.59. The number of carbonyl (C=O) groups is 2. The van der Waals surface area contributed by atoms with Crippen LogP contribution < -0.4 is 5.32 Å². The molecule has 1 aliphatic rings. The molecule has 0 bridgehead atoms. The molecule has 0 atom stereocenters. The fourth-order valence-corrected chi connectivity index (χ4v) is 4.02. The number of anilines is 1. The Morgan fingerprint density at radius 2 is 1.70 bits per heavy atom. The van der Waals surface area contributed by atoms with Crippen LogP contribution in [0.15, 0.2) is 48.5 Å². The summed E-state index contributed by atoms with van der Waals surface area (Å²) in [6.45, 7) is -0.354. The topological polar surface area (TPSA) is 68.3 Å². The first kappa shape index (κ1) is 20.4. The zero-order valence-electron chi connectivity index (χ0n) is 16.6. The largest absolute Gasteiger partial charge is 0.452 e. The molecule has 0 aliphatic heterocycles. The van der Waals surface area contributed by atoms with Gasteiger partial charge in [-0.2, -0.15) is 0 Å². The van der Waals surface area contributed by atoms with Crippen LogP contribution in [0.25, 0.3) is 10.9 Å². The van der Waals surface area contributed by atoms with Gasteiger partial charge in [-0.3, -0.25) is 9.78 Å². The number of esters is 1. The monoisotopic (exact) mass is 422 g/mol.